The number of rotatable bonds is 9. The van der Waals surface area contributed by atoms with Crippen LogP contribution in [0.5, 0.6) is 0 Å². The molecule has 0 radical (unpaired) electrons. The molecule has 0 aromatic heterocycles. The van der Waals surface area contributed by atoms with Gasteiger partial charge >= 0.3 is 0 Å². The first-order chi connectivity index (χ1) is 12.0. The quantitative estimate of drug-likeness (QED) is 0.322. The minimum atomic E-state index is 0.0160. The van der Waals surface area contributed by atoms with E-state index in [4.69, 9.17) is 9.73 Å². The number of ether oxygens (including phenoxy) is 1. The molecule has 7 heteroatoms. The summed E-state index contributed by atoms with van der Waals surface area (Å²) >= 11 is 0. The number of morpholine rings is 1. The third-order valence-electron chi connectivity index (χ3n) is 4.31. The first-order valence-electron chi connectivity index (χ1n) is 9.57. The number of nitrogens with zero attached hydrogens (tertiary/aromatic N) is 2. The zero-order valence-electron chi connectivity index (χ0n) is 16.6. The number of carbonyl (C=O) groups is 1. The smallest absolute Gasteiger partial charge is 0.222 e. The Kier molecular flexibility index (Phi) is 10.5. The van der Waals surface area contributed by atoms with E-state index in [1.54, 1.807) is 0 Å². The van der Waals surface area contributed by atoms with E-state index in [2.05, 4.69) is 41.6 Å². The van der Waals surface area contributed by atoms with Crippen molar-refractivity contribution in [3.8, 4) is 0 Å². The van der Waals surface area contributed by atoms with E-state index >= 15 is 0 Å². The van der Waals surface area contributed by atoms with Crippen molar-refractivity contribution in [2.24, 2.45) is 16.8 Å². The van der Waals surface area contributed by atoms with E-state index in [9.17, 15) is 4.79 Å². The third kappa shape index (κ3) is 8.54. The number of nitrogens with one attached hydrogen (secondary N) is 3. The molecule has 0 spiro atoms. The molecular weight excluding hydrogens is 318 g/mol. The van der Waals surface area contributed by atoms with E-state index in [1.807, 2.05) is 13.8 Å². The molecule has 1 aliphatic heterocycles. The van der Waals surface area contributed by atoms with Gasteiger partial charge in [-0.3, -0.25) is 14.7 Å². The van der Waals surface area contributed by atoms with E-state index in [0.29, 0.717) is 25.0 Å². The van der Waals surface area contributed by atoms with Gasteiger partial charge in [-0.15, -0.1) is 0 Å². The maximum atomic E-state index is 11.6. The van der Waals surface area contributed by atoms with Crippen LogP contribution in [0.15, 0.2) is 4.99 Å². The van der Waals surface area contributed by atoms with Crippen LogP contribution in [0.1, 0.15) is 34.6 Å². The average Bonchev–Trinajstić information content (AvgIpc) is 2.59. The van der Waals surface area contributed by atoms with Gasteiger partial charge in [-0.2, -0.15) is 0 Å². The van der Waals surface area contributed by atoms with Gasteiger partial charge in [-0.25, -0.2) is 0 Å². The van der Waals surface area contributed by atoms with Crippen LogP contribution in [0.25, 0.3) is 0 Å². The molecule has 25 heavy (non-hydrogen) atoms. The van der Waals surface area contributed by atoms with E-state index in [-0.39, 0.29) is 11.8 Å². The summed E-state index contributed by atoms with van der Waals surface area (Å²) in [7, 11) is 0. The molecule has 1 aliphatic rings. The number of hydrogen-bond acceptors (Lipinski definition) is 4. The first-order valence-corrected chi connectivity index (χ1v) is 9.57. The number of aliphatic imine (C=N–C) groups is 1. The fraction of sp³-hybridized carbons (Fsp3) is 0.889. The normalized spacial score (nSPS) is 17.6. The number of amides is 1. The van der Waals surface area contributed by atoms with Crippen molar-refractivity contribution in [2.45, 2.75) is 40.7 Å². The van der Waals surface area contributed by atoms with E-state index in [1.165, 1.54) is 0 Å². The van der Waals surface area contributed by atoms with Crippen molar-refractivity contribution in [2.75, 3.05) is 52.5 Å². The Hall–Kier alpha value is -1.34. The molecule has 3 N–H and O–H groups in total. The second kappa shape index (κ2) is 12.1. The second-order valence-electron chi connectivity index (χ2n) is 7.05. The molecule has 1 unspecified atom stereocenters. The van der Waals surface area contributed by atoms with Crippen molar-refractivity contribution < 1.29 is 9.53 Å². The highest BCUT2D eigenvalue weighted by Gasteiger charge is 2.23. The predicted molar refractivity (Wildman–Crippen MR) is 103 cm³/mol. The Bertz CT molecular complexity index is 406. The lowest BCUT2D eigenvalue weighted by molar-refractivity contribution is -0.123. The van der Waals surface area contributed by atoms with E-state index < -0.39 is 0 Å². The summed E-state index contributed by atoms with van der Waals surface area (Å²) in [6.07, 6.45) is 0. The molecule has 1 amide bonds. The fourth-order valence-corrected chi connectivity index (χ4v) is 2.75. The minimum absolute atomic E-state index is 0.0160. The topological polar surface area (TPSA) is 78.0 Å². The highest BCUT2D eigenvalue weighted by molar-refractivity contribution is 5.80. The van der Waals surface area contributed by atoms with Gasteiger partial charge in [0.15, 0.2) is 5.96 Å². The number of hydrogen-bond donors (Lipinski definition) is 3. The summed E-state index contributed by atoms with van der Waals surface area (Å²) in [5.41, 5.74) is 0. The van der Waals surface area contributed by atoms with Crippen molar-refractivity contribution in [3.05, 3.63) is 0 Å². The molecule has 0 aromatic rings. The molecule has 1 atom stereocenters. The SMILES string of the molecule is CCNC(=NCC(C(C)C)N1CCOCC1)NCCNC(=O)C(C)C. The van der Waals surface area contributed by atoms with Gasteiger partial charge in [0.05, 0.1) is 19.8 Å². The Labute approximate surface area is 153 Å². The zero-order valence-corrected chi connectivity index (χ0v) is 16.6. The summed E-state index contributed by atoms with van der Waals surface area (Å²) in [5, 5.41) is 9.47. The summed E-state index contributed by atoms with van der Waals surface area (Å²) in [6, 6.07) is 0.417. The van der Waals surface area contributed by atoms with Crippen LogP contribution < -0.4 is 16.0 Å². The van der Waals surface area contributed by atoms with Crippen molar-refractivity contribution in [1.29, 1.82) is 0 Å². The van der Waals surface area contributed by atoms with Crippen LogP contribution in [-0.4, -0.2) is 75.3 Å². The first kappa shape index (κ1) is 21.7. The predicted octanol–water partition coefficient (Wildman–Crippen LogP) is 0.671. The van der Waals surface area contributed by atoms with Crippen molar-refractivity contribution >= 4 is 11.9 Å². The fourth-order valence-electron chi connectivity index (χ4n) is 2.75. The lowest BCUT2D eigenvalue weighted by atomic mass is 10.0. The van der Waals surface area contributed by atoms with Gasteiger partial charge in [0.1, 0.15) is 0 Å². The Morgan fingerprint density at radius 1 is 1.08 bits per heavy atom. The minimum Gasteiger partial charge on any atom is -0.379 e. The maximum absolute atomic E-state index is 11.6. The molecule has 0 aromatic carbocycles. The van der Waals surface area contributed by atoms with Crippen LogP contribution in [0.3, 0.4) is 0 Å². The van der Waals surface area contributed by atoms with Crippen LogP contribution in [0, 0.1) is 11.8 Å². The van der Waals surface area contributed by atoms with Gasteiger partial charge in [0.25, 0.3) is 0 Å². The van der Waals surface area contributed by atoms with Crippen LogP contribution in [0.4, 0.5) is 0 Å². The third-order valence-corrected chi connectivity index (χ3v) is 4.31. The van der Waals surface area contributed by atoms with Crippen molar-refractivity contribution in [1.82, 2.24) is 20.9 Å². The molecule has 1 rings (SSSR count). The lowest BCUT2D eigenvalue weighted by Gasteiger charge is -2.36. The van der Waals surface area contributed by atoms with Crippen LogP contribution in [-0.2, 0) is 9.53 Å². The Morgan fingerprint density at radius 3 is 2.28 bits per heavy atom. The van der Waals surface area contributed by atoms with Gasteiger partial charge in [-0.1, -0.05) is 27.7 Å². The summed E-state index contributed by atoms with van der Waals surface area (Å²) in [6.45, 7) is 16.7. The zero-order chi connectivity index (χ0) is 18.7. The molecule has 146 valence electrons. The van der Waals surface area contributed by atoms with Crippen molar-refractivity contribution in [3.63, 3.8) is 0 Å². The lowest BCUT2D eigenvalue weighted by Crippen LogP contribution is -2.48. The summed E-state index contributed by atoms with van der Waals surface area (Å²) in [5.74, 6) is 1.44. The number of guanidine groups is 1. The largest absolute Gasteiger partial charge is 0.379 e. The molecule has 0 bridgehead atoms. The highest BCUT2D eigenvalue weighted by Crippen LogP contribution is 2.13. The van der Waals surface area contributed by atoms with Gasteiger partial charge in [0.2, 0.25) is 5.91 Å². The van der Waals surface area contributed by atoms with E-state index in [0.717, 1.165) is 45.4 Å². The number of carbonyl (C=O) groups excluding carboxylic acids is 1. The molecule has 1 heterocycles. The molecule has 1 fully saturated rings. The molecule has 0 aliphatic carbocycles. The monoisotopic (exact) mass is 355 g/mol. The molecule has 1 saturated heterocycles. The standard InChI is InChI=1S/C18H37N5O2/c1-6-19-18(21-8-7-20-17(24)15(4)5)22-13-16(14(2)3)23-9-11-25-12-10-23/h14-16H,6-13H2,1-5H3,(H,20,24)(H2,19,21,22). The van der Waals surface area contributed by atoms with Gasteiger partial charge in [-0.05, 0) is 12.8 Å². The van der Waals surface area contributed by atoms with Gasteiger partial charge in [0, 0.05) is 44.7 Å². The molecule has 7 nitrogen and oxygen atoms in total. The van der Waals surface area contributed by atoms with Crippen LogP contribution in [0.2, 0.25) is 0 Å². The second-order valence-corrected chi connectivity index (χ2v) is 7.05. The summed E-state index contributed by atoms with van der Waals surface area (Å²) in [4.78, 5) is 18.8. The molecular formula is C18H37N5O2. The highest BCUT2D eigenvalue weighted by atomic mass is 16.5. The molecule has 0 saturated carbocycles. The Balaban J connectivity index is 2.49. The summed E-state index contributed by atoms with van der Waals surface area (Å²) < 4.78 is 5.46. The maximum Gasteiger partial charge on any atom is 0.222 e. The van der Waals surface area contributed by atoms with Gasteiger partial charge < -0.3 is 20.7 Å². The average molecular weight is 356 g/mol. The Morgan fingerprint density at radius 2 is 1.72 bits per heavy atom. The van der Waals surface area contributed by atoms with Crippen LogP contribution >= 0.6 is 0 Å².